The molecule has 0 heterocycles. The van der Waals surface area contributed by atoms with Gasteiger partial charge in [0.2, 0.25) is 0 Å². The summed E-state index contributed by atoms with van der Waals surface area (Å²) < 4.78 is 43.6. The summed E-state index contributed by atoms with van der Waals surface area (Å²) in [7, 11) is -5.29. The number of halogens is 4. The Balaban J connectivity index is 3.15. The third-order valence-corrected chi connectivity index (χ3v) is 1.01. The Morgan fingerprint density at radius 3 is 1.57 bits per heavy atom. The van der Waals surface area contributed by atoms with E-state index < -0.39 is 21.0 Å². The maximum Gasteiger partial charge on any atom is 0.572 e. The number of hydrogen-bond donors (Lipinski definition) is 0. The standard InChI is InChI=1S/C2H4F4P/c3-1-2-7(4,5)6/h1-2H2/q+1. The van der Waals surface area contributed by atoms with Crippen LogP contribution in [0.25, 0.3) is 0 Å². The topological polar surface area (TPSA) is 0 Å². The summed E-state index contributed by atoms with van der Waals surface area (Å²) in [6.45, 7) is -1.27. The van der Waals surface area contributed by atoms with Crippen molar-refractivity contribution in [2.45, 2.75) is 0 Å². The fourth-order valence-corrected chi connectivity index (χ4v) is 0.287. The Hall–Kier alpha value is 0.150. The number of hydrogen-bond acceptors (Lipinski definition) is 0. The van der Waals surface area contributed by atoms with Crippen molar-refractivity contribution >= 4 is 8.19 Å². The minimum Gasteiger partial charge on any atom is -0.247 e. The van der Waals surface area contributed by atoms with Crippen LogP contribution in [0.15, 0.2) is 0 Å². The van der Waals surface area contributed by atoms with Crippen LogP contribution in [0.2, 0.25) is 0 Å². The molecule has 0 aromatic carbocycles. The molecule has 0 amide bonds. The lowest BCUT2D eigenvalue weighted by Crippen LogP contribution is -1.81. The molecular weight excluding hydrogens is 131 g/mol. The largest absolute Gasteiger partial charge is 0.572 e. The highest BCUT2D eigenvalue weighted by Crippen LogP contribution is 2.63. The highest BCUT2D eigenvalue weighted by Gasteiger charge is 2.41. The molecule has 0 nitrogen and oxygen atoms in total. The van der Waals surface area contributed by atoms with E-state index >= 15 is 0 Å². The lowest BCUT2D eigenvalue weighted by atomic mass is 10.9. The van der Waals surface area contributed by atoms with Crippen LogP contribution >= 0.6 is 8.19 Å². The van der Waals surface area contributed by atoms with Gasteiger partial charge in [0.1, 0.15) is 6.67 Å². The second-order valence-electron chi connectivity index (χ2n) is 0.963. The Bertz CT molecular complexity index is 48.1. The lowest BCUT2D eigenvalue weighted by molar-refractivity contribution is 0.497. The van der Waals surface area contributed by atoms with Crippen molar-refractivity contribution in [3.8, 4) is 0 Å². The van der Waals surface area contributed by atoms with E-state index in [0.29, 0.717) is 0 Å². The lowest BCUT2D eigenvalue weighted by Gasteiger charge is -1.83. The molecule has 7 heavy (non-hydrogen) atoms. The molecule has 0 radical (unpaired) electrons. The average Bonchev–Trinajstić information content (AvgIpc) is 1.30. The minimum atomic E-state index is -5.29. The molecule has 0 aliphatic rings. The summed E-state index contributed by atoms with van der Waals surface area (Å²) >= 11 is 0. The first-order chi connectivity index (χ1) is 3.06. The molecule has 0 N–H and O–H groups in total. The zero-order chi connectivity index (χ0) is 5.91. The molecule has 0 fully saturated rings. The molecule has 0 aromatic rings. The molecule has 0 bridgehead atoms. The van der Waals surface area contributed by atoms with Crippen molar-refractivity contribution in [1.82, 2.24) is 0 Å². The Morgan fingerprint density at radius 1 is 1.14 bits per heavy atom. The second-order valence-corrected chi connectivity index (χ2v) is 2.51. The van der Waals surface area contributed by atoms with E-state index in [0.717, 1.165) is 0 Å². The summed E-state index contributed by atoms with van der Waals surface area (Å²) in [5.41, 5.74) is 0. The Labute approximate surface area is 39.2 Å². The first-order valence-electron chi connectivity index (χ1n) is 1.59. The maximum absolute atomic E-state index is 10.9. The third-order valence-electron chi connectivity index (χ3n) is 0.338. The van der Waals surface area contributed by atoms with E-state index in [4.69, 9.17) is 0 Å². The van der Waals surface area contributed by atoms with Crippen molar-refractivity contribution in [3.05, 3.63) is 0 Å². The van der Waals surface area contributed by atoms with Crippen LogP contribution in [0.1, 0.15) is 0 Å². The molecule has 0 saturated carbocycles. The van der Waals surface area contributed by atoms with Crippen LogP contribution < -0.4 is 0 Å². The molecule has 0 aromatic heterocycles. The maximum atomic E-state index is 10.9. The fourth-order valence-electron chi connectivity index (χ4n) is 0.0958. The SMILES string of the molecule is FCC[P+](F)(F)F. The van der Waals surface area contributed by atoms with Crippen molar-refractivity contribution in [3.63, 3.8) is 0 Å². The summed E-state index contributed by atoms with van der Waals surface area (Å²) in [5, 5.41) is 0. The third kappa shape index (κ3) is 6.15. The zero-order valence-electron chi connectivity index (χ0n) is 3.37. The van der Waals surface area contributed by atoms with Gasteiger partial charge in [-0.15, -0.1) is 0 Å². The highest BCUT2D eigenvalue weighted by molar-refractivity contribution is 7.60. The Morgan fingerprint density at radius 2 is 1.57 bits per heavy atom. The van der Waals surface area contributed by atoms with Gasteiger partial charge in [0.25, 0.3) is 0 Å². The van der Waals surface area contributed by atoms with Crippen molar-refractivity contribution in [2.24, 2.45) is 0 Å². The van der Waals surface area contributed by atoms with E-state index in [1.54, 1.807) is 0 Å². The summed E-state index contributed by atoms with van der Waals surface area (Å²) in [5.74, 6) is 0. The van der Waals surface area contributed by atoms with E-state index in [1.807, 2.05) is 0 Å². The van der Waals surface area contributed by atoms with E-state index in [1.165, 1.54) is 0 Å². The zero-order valence-corrected chi connectivity index (χ0v) is 4.27. The van der Waals surface area contributed by atoms with Gasteiger partial charge in [-0.1, -0.05) is 0 Å². The monoisotopic (exact) mass is 135 g/mol. The van der Waals surface area contributed by atoms with Gasteiger partial charge in [0.15, 0.2) is 6.16 Å². The summed E-state index contributed by atoms with van der Waals surface area (Å²) in [6, 6.07) is 0. The Kier molecular flexibility index (Phi) is 2.51. The second kappa shape index (κ2) is 2.46. The molecule has 0 aliphatic carbocycles. The predicted octanol–water partition coefficient (Wildman–Crippen LogP) is 2.63. The smallest absolute Gasteiger partial charge is 0.247 e. The number of rotatable bonds is 2. The van der Waals surface area contributed by atoms with Gasteiger partial charge >= 0.3 is 8.19 Å². The molecule has 0 aliphatic heterocycles. The summed E-state index contributed by atoms with van der Waals surface area (Å²) in [4.78, 5) is 0. The van der Waals surface area contributed by atoms with Crippen LogP contribution in [-0.4, -0.2) is 12.8 Å². The van der Waals surface area contributed by atoms with Crippen LogP contribution in [0.5, 0.6) is 0 Å². The van der Waals surface area contributed by atoms with Gasteiger partial charge < -0.3 is 0 Å². The molecule has 0 saturated heterocycles. The molecule has 5 heteroatoms. The van der Waals surface area contributed by atoms with E-state index in [9.17, 15) is 17.0 Å². The minimum absolute atomic E-state index is 1.22. The summed E-state index contributed by atoms with van der Waals surface area (Å²) in [6.07, 6.45) is -1.22. The van der Waals surface area contributed by atoms with Gasteiger partial charge in [-0.2, -0.15) is 0 Å². The molecule has 0 spiro atoms. The molecule has 0 unspecified atom stereocenters. The number of alkyl halides is 1. The molecule has 44 valence electrons. The van der Waals surface area contributed by atoms with Crippen LogP contribution in [0, 0.1) is 0 Å². The quantitative estimate of drug-likeness (QED) is 0.403. The normalized spacial score (nSPS) is 12.0. The fraction of sp³-hybridized carbons (Fsp3) is 1.00. The van der Waals surface area contributed by atoms with Crippen LogP contribution in [0.3, 0.4) is 0 Å². The van der Waals surface area contributed by atoms with Gasteiger partial charge in [-0.25, -0.2) is 4.39 Å². The van der Waals surface area contributed by atoms with Crippen molar-refractivity contribution in [2.75, 3.05) is 12.8 Å². The van der Waals surface area contributed by atoms with Gasteiger partial charge in [0, 0.05) is 12.6 Å². The van der Waals surface area contributed by atoms with Gasteiger partial charge in [-0.05, 0) is 0 Å². The van der Waals surface area contributed by atoms with Crippen LogP contribution in [-0.2, 0) is 0 Å². The molecular formula is C2H4F4P+. The van der Waals surface area contributed by atoms with E-state index in [-0.39, 0.29) is 0 Å². The first-order valence-corrected chi connectivity index (χ1v) is 3.24. The van der Waals surface area contributed by atoms with Crippen molar-refractivity contribution in [1.29, 1.82) is 0 Å². The molecule has 0 atom stereocenters. The molecule has 0 rings (SSSR count). The van der Waals surface area contributed by atoms with Gasteiger partial charge in [0.05, 0.1) is 0 Å². The predicted molar refractivity (Wildman–Crippen MR) is 21.1 cm³/mol. The first kappa shape index (κ1) is 7.15. The van der Waals surface area contributed by atoms with Crippen LogP contribution in [0.4, 0.5) is 17.0 Å². The van der Waals surface area contributed by atoms with Crippen molar-refractivity contribution < 1.29 is 17.0 Å². The van der Waals surface area contributed by atoms with E-state index in [2.05, 4.69) is 0 Å². The van der Waals surface area contributed by atoms with Gasteiger partial charge in [-0.3, -0.25) is 0 Å². The highest BCUT2D eigenvalue weighted by atomic mass is 31.3. The average molecular weight is 135 g/mol.